The maximum Gasteiger partial charge on any atom is 0.356 e. The first-order valence-electron chi connectivity index (χ1n) is 7.55. The van der Waals surface area contributed by atoms with E-state index in [0.717, 1.165) is 14.6 Å². The molecule has 5 nitrogen and oxygen atoms in total. The SMILES string of the molecule is CCOC(=O)c1c(Br)c(Br)c(Br)n1CCc1ccc(OC)c(OC)c1. The molecule has 0 radical (unpaired) electrons. The van der Waals surface area contributed by atoms with Crippen molar-refractivity contribution in [3.05, 3.63) is 43.0 Å². The minimum atomic E-state index is -0.368. The van der Waals surface area contributed by atoms with Crippen LogP contribution in [-0.2, 0) is 17.7 Å². The normalized spacial score (nSPS) is 10.6. The third kappa shape index (κ3) is 4.41. The Kier molecular flexibility index (Phi) is 7.39. The van der Waals surface area contributed by atoms with Crippen molar-refractivity contribution in [1.82, 2.24) is 4.57 Å². The van der Waals surface area contributed by atoms with Gasteiger partial charge in [-0.15, -0.1) is 0 Å². The number of ether oxygens (including phenoxy) is 3. The number of hydrogen-bond donors (Lipinski definition) is 0. The second kappa shape index (κ2) is 9.09. The van der Waals surface area contributed by atoms with Crippen molar-refractivity contribution >= 4 is 53.8 Å². The highest BCUT2D eigenvalue weighted by Crippen LogP contribution is 2.37. The zero-order valence-electron chi connectivity index (χ0n) is 14.1. The van der Waals surface area contributed by atoms with Crippen molar-refractivity contribution in [1.29, 1.82) is 0 Å². The van der Waals surface area contributed by atoms with E-state index in [1.807, 2.05) is 22.8 Å². The minimum absolute atomic E-state index is 0.321. The summed E-state index contributed by atoms with van der Waals surface area (Å²) in [7, 11) is 3.21. The van der Waals surface area contributed by atoms with Crippen LogP contribution in [-0.4, -0.2) is 31.4 Å². The largest absolute Gasteiger partial charge is 0.493 e. The van der Waals surface area contributed by atoms with Gasteiger partial charge >= 0.3 is 5.97 Å². The van der Waals surface area contributed by atoms with E-state index < -0.39 is 0 Å². The van der Waals surface area contributed by atoms with E-state index in [4.69, 9.17) is 14.2 Å². The Hall–Kier alpha value is -0.990. The average molecular weight is 540 g/mol. The van der Waals surface area contributed by atoms with Crippen LogP contribution in [0.5, 0.6) is 11.5 Å². The Morgan fingerprint density at radius 1 is 1.08 bits per heavy atom. The fourth-order valence-electron chi connectivity index (χ4n) is 2.42. The van der Waals surface area contributed by atoms with Gasteiger partial charge in [-0.25, -0.2) is 4.79 Å². The first kappa shape index (κ1) is 20.3. The first-order valence-corrected chi connectivity index (χ1v) is 9.93. The molecule has 2 aromatic rings. The molecule has 1 heterocycles. The van der Waals surface area contributed by atoms with Crippen molar-refractivity contribution < 1.29 is 19.0 Å². The number of rotatable bonds is 7. The molecule has 0 atom stereocenters. The summed E-state index contributed by atoms with van der Waals surface area (Å²) >= 11 is 10.5. The quantitative estimate of drug-likeness (QED) is 0.453. The lowest BCUT2D eigenvalue weighted by Gasteiger charge is -2.12. The predicted molar refractivity (Wildman–Crippen MR) is 107 cm³/mol. The molecule has 0 N–H and O–H groups in total. The number of carbonyl (C=O) groups excluding carboxylic acids is 1. The van der Waals surface area contributed by atoms with Gasteiger partial charge in [-0.3, -0.25) is 0 Å². The van der Waals surface area contributed by atoms with Crippen molar-refractivity contribution in [2.45, 2.75) is 19.9 Å². The van der Waals surface area contributed by atoms with Crippen LogP contribution in [0.3, 0.4) is 0 Å². The Morgan fingerprint density at radius 2 is 1.76 bits per heavy atom. The minimum Gasteiger partial charge on any atom is -0.493 e. The molecule has 0 aliphatic heterocycles. The summed E-state index contributed by atoms with van der Waals surface area (Å²) in [5, 5.41) is 0. The monoisotopic (exact) mass is 537 g/mol. The summed E-state index contributed by atoms with van der Waals surface area (Å²) in [6.07, 6.45) is 0.707. The molecule has 0 spiro atoms. The summed E-state index contributed by atoms with van der Waals surface area (Å²) in [4.78, 5) is 12.3. The van der Waals surface area contributed by atoms with E-state index in [1.165, 1.54) is 0 Å². The molecule has 25 heavy (non-hydrogen) atoms. The van der Waals surface area contributed by atoms with E-state index in [2.05, 4.69) is 47.8 Å². The number of hydrogen-bond acceptors (Lipinski definition) is 4. The van der Waals surface area contributed by atoms with E-state index >= 15 is 0 Å². The lowest BCUT2D eigenvalue weighted by molar-refractivity contribution is 0.0512. The number of nitrogens with zero attached hydrogens (tertiary/aromatic N) is 1. The van der Waals surface area contributed by atoms with Gasteiger partial charge in [0.15, 0.2) is 11.5 Å². The highest BCUT2D eigenvalue weighted by atomic mass is 79.9. The van der Waals surface area contributed by atoms with E-state index in [0.29, 0.717) is 41.2 Å². The molecular formula is C17H18Br3NO4. The number of esters is 1. The smallest absolute Gasteiger partial charge is 0.356 e. The summed E-state index contributed by atoms with van der Waals surface area (Å²) in [5.74, 6) is 0.999. The van der Waals surface area contributed by atoms with Gasteiger partial charge < -0.3 is 18.8 Å². The molecule has 0 aliphatic carbocycles. The highest BCUT2D eigenvalue weighted by molar-refractivity contribution is 9.14. The molecule has 2 rings (SSSR count). The van der Waals surface area contributed by atoms with Crippen LogP contribution in [0.2, 0.25) is 0 Å². The lowest BCUT2D eigenvalue weighted by atomic mass is 10.1. The predicted octanol–water partition coefficient (Wildman–Crippen LogP) is 5.21. The number of aromatic nitrogens is 1. The van der Waals surface area contributed by atoms with Crippen LogP contribution in [0.25, 0.3) is 0 Å². The van der Waals surface area contributed by atoms with Crippen LogP contribution in [0.4, 0.5) is 0 Å². The summed E-state index contributed by atoms with van der Waals surface area (Å²) in [6.45, 7) is 2.70. The maximum atomic E-state index is 12.3. The van der Waals surface area contributed by atoms with Gasteiger partial charge in [0, 0.05) is 6.54 Å². The van der Waals surface area contributed by atoms with E-state index in [1.54, 1.807) is 21.1 Å². The van der Waals surface area contributed by atoms with Gasteiger partial charge in [-0.1, -0.05) is 6.07 Å². The number of halogens is 3. The molecular weight excluding hydrogens is 522 g/mol. The summed E-state index contributed by atoms with van der Waals surface area (Å²) in [5.41, 5.74) is 1.54. The Balaban J connectivity index is 2.29. The molecule has 0 fully saturated rings. The van der Waals surface area contributed by atoms with Crippen molar-refractivity contribution in [2.24, 2.45) is 0 Å². The Labute approximate surface area is 172 Å². The molecule has 1 aromatic heterocycles. The topological polar surface area (TPSA) is 49.7 Å². The fourth-order valence-corrected chi connectivity index (χ4v) is 4.20. The number of benzene rings is 1. The van der Waals surface area contributed by atoms with Crippen LogP contribution >= 0.6 is 47.8 Å². The zero-order valence-corrected chi connectivity index (χ0v) is 18.8. The van der Waals surface area contributed by atoms with Crippen LogP contribution in [0.15, 0.2) is 31.7 Å². The highest BCUT2D eigenvalue weighted by Gasteiger charge is 2.24. The van der Waals surface area contributed by atoms with Gasteiger partial charge in [0.05, 0.1) is 29.8 Å². The molecule has 1 aromatic carbocycles. The fraction of sp³-hybridized carbons (Fsp3) is 0.353. The molecule has 0 saturated carbocycles. The zero-order chi connectivity index (χ0) is 18.6. The number of aryl methyl sites for hydroxylation is 1. The van der Waals surface area contributed by atoms with Crippen molar-refractivity contribution in [3.63, 3.8) is 0 Å². The molecule has 136 valence electrons. The third-order valence-electron chi connectivity index (χ3n) is 3.63. The Bertz CT molecular complexity index is 774. The van der Waals surface area contributed by atoms with Gasteiger partial charge in [-0.2, -0.15) is 0 Å². The molecule has 0 aliphatic rings. The average Bonchev–Trinajstić information content (AvgIpc) is 2.83. The second-order valence-electron chi connectivity index (χ2n) is 5.08. The molecule has 0 saturated heterocycles. The second-order valence-corrected chi connectivity index (χ2v) is 7.42. The molecule has 0 amide bonds. The summed E-state index contributed by atoms with van der Waals surface area (Å²) in [6, 6.07) is 5.79. The van der Waals surface area contributed by atoms with E-state index in [-0.39, 0.29) is 5.97 Å². The van der Waals surface area contributed by atoms with Gasteiger partial charge in [-0.05, 0) is 78.8 Å². The van der Waals surface area contributed by atoms with Crippen molar-refractivity contribution in [2.75, 3.05) is 20.8 Å². The van der Waals surface area contributed by atoms with E-state index in [9.17, 15) is 4.79 Å². The van der Waals surface area contributed by atoms with Gasteiger partial charge in [0.2, 0.25) is 0 Å². The lowest BCUT2D eigenvalue weighted by Crippen LogP contribution is -2.14. The van der Waals surface area contributed by atoms with Gasteiger partial charge in [0.1, 0.15) is 10.3 Å². The van der Waals surface area contributed by atoms with Crippen LogP contribution in [0.1, 0.15) is 23.0 Å². The van der Waals surface area contributed by atoms with Gasteiger partial charge in [0.25, 0.3) is 0 Å². The number of methoxy groups -OCH3 is 2. The summed E-state index contributed by atoms with van der Waals surface area (Å²) < 4.78 is 19.9. The van der Waals surface area contributed by atoms with Crippen LogP contribution < -0.4 is 9.47 Å². The van der Waals surface area contributed by atoms with Crippen LogP contribution in [0, 0.1) is 0 Å². The molecule has 0 unspecified atom stereocenters. The number of carbonyl (C=O) groups is 1. The maximum absolute atomic E-state index is 12.3. The van der Waals surface area contributed by atoms with Crippen molar-refractivity contribution in [3.8, 4) is 11.5 Å². The molecule has 0 bridgehead atoms. The first-order chi connectivity index (χ1) is 11.9. The third-order valence-corrected chi connectivity index (χ3v) is 7.06. The Morgan fingerprint density at radius 3 is 2.36 bits per heavy atom. The standard InChI is InChI=1S/C17H18Br3NO4/c1-4-25-17(22)15-13(18)14(19)16(20)21(15)8-7-10-5-6-11(23-2)12(9-10)24-3/h5-6,9H,4,7-8H2,1-3H3. The molecule has 8 heteroatoms.